The molecule has 1 unspecified atom stereocenters. The highest BCUT2D eigenvalue weighted by molar-refractivity contribution is 9.09. The molecule has 96 valence electrons. The number of aryl methyl sites for hydroxylation is 1. The van der Waals surface area contributed by atoms with Gasteiger partial charge >= 0.3 is 0 Å². The molecular weight excluding hydrogens is 274 g/mol. The van der Waals surface area contributed by atoms with Crippen LogP contribution in [0.1, 0.15) is 30.9 Å². The standard InChI is InChI=1S/C15H24BrN/c1-4-6-15(10-16)12-17(3)11-14-8-5-7-13(2)9-14/h5,7-9,15H,4,6,10-12H2,1-3H3. The lowest BCUT2D eigenvalue weighted by Gasteiger charge is -2.22. The van der Waals surface area contributed by atoms with E-state index in [9.17, 15) is 0 Å². The predicted molar refractivity (Wildman–Crippen MR) is 79.7 cm³/mol. The number of alkyl halides is 1. The molecule has 0 radical (unpaired) electrons. The molecule has 0 fully saturated rings. The summed E-state index contributed by atoms with van der Waals surface area (Å²) in [5.41, 5.74) is 2.76. The van der Waals surface area contributed by atoms with Gasteiger partial charge in [-0.05, 0) is 31.9 Å². The summed E-state index contributed by atoms with van der Waals surface area (Å²) in [4.78, 5) is 2.43. The van der Waals surface area contributed by atoms with E-state index in [0.717, 1.165) is 17.8 Å². The van der Waals surface area contributed by atoms with Crippen LogP contribution in [-0.2, 0) is 6.54 Å². The highest BCUT2D eigenvalue weighted by Gasteiger charge is 2.09. The Balaban J connectivity index is 2.45. The second kappa shape index (κ2) is 7.88. The third-order valence-electron chi connectivity index (χ3n) is 3.02. The largest absolute Gasteiger partial charge is 0.302 e. The Hall–Kier alpha value is -0.340. The van der Waals surface area contributed by atoms with E-state index in [0.29, 0.717) is 0 Å². The molecule has 0 aliphatic rings. The monoisotopic (exact) mass is 297 g/mol. The van der Waals surface area contributed by atoms with Gasteiger partial charge in [0.15, 0.2) is 0 Å². The van der Waals surface area contributed by atoms with E-state index in [2.05, 4.69) is 66.0 Å². The quantitative estimate of drug-likeness (QED) is 0.681. The minimum Gasteiger partial charge on any atom is -0.302 e. The van der Waals surface area contributed by atoms with Crippen molar-refractivity contribution < 1.29 is 0 Å². The van der Waals surface area contributed by atoms with Gasteiger partial charge in [-0.15, -0.1) is 0 Å². The van der Waals surface area contributed by atoms with Crippen LogP contribution in [0, 0.1) is 12.8 Å². The van der Waals surface area contributed by atoms with Gasteiger partial charge in [-0.3, -0.25) is 0 Å². The number of rotatable bonds is 7. The third kappa shape index (κ3) is 5.69. The van der Waals surface area contributed by atoms with Crippen LogP contribution in [0.25, 0.3) is 0 Å². The van der Waals surface area contributed by atoms with Gasteiger partial charge in [0.25, 0.3) is 0 Å². The first-order chi connectivity index (χ1) is 8.15. The summed E-state index contributed by atoms with van der Waals surface area (Å²) >= 11 is 3.62. The number of benzene rings is 1. The van der Waals surface area contributed by atoms with Crippen LogP contribution < -0.4 is 0 Å². The fraction of sp³-hybridized carbons (Fsp3) is 0.600. The molecule has 0 spiro atoms. The molecule has 0 amide bonds. The van der Waals surface area contributed by atoms with Crippen molar-refractivity contribution in [2.75, 3.05) is 18.9 Å². The molecule has 1 rings (SSSR count). The minimum atomic E-state index is 0.773. The maximum Gasteiger partial charge on any atom is 0.0230 e. The molecule has 1 aromatic rings. The molecule has 2 heteroatoms. The minimum absolute atomic E-state index is 0.773. The molecular formula is C15H24BrN. The van der Waals surface area contributed by atoms with Crippen LogP contribution in [-0.4, -0.2) is 23.8 Å². The average molecular weight is 298 g/mol. The zero-order chi connectivity index (χ0) is 12.7. The maximum absolute atomic E-state index is 3.62. The topological polar surface area (TPSA) is 3.24 Å². The van der Waals surface area contributed by atoms with E-state index < -0.39 is 0 Å². The third-order valence-corrected chi connectivity index (χ3v) is 3.94. The SMILES string of the molecule is CCCC(CBr)CN(C)Cc1cccc(C)c1. The Morgan fingerprint density at radius 3 is 2.71 bits per heavy atom. The Bertz CT molecular complexity index is 324. The van der Waals surface area contributed by atoms with E-state index in [4.69, 9.17) is 0 Å². The second-order valence-corrected chi connectivity index (χ2v) is 5.64. The number of nitrogens with zero attached hydrogens (tertiary/aromatic N) is 1. The number of halogens is 1. The Labute approximate surface area is 114 Å². The molecule has 0 saturated heterocycles. The lowest BCUT2D eigenvalue weighted by molar-refractivity contribution is 0.273. The Morgan fingerprint density at radius 2 is 2.12 bits per heavy atom. The van der Waals surface area contributed by atoms with E-state index in [1.54, 1.807) is 0 Å². The van der Waals surface area contributed by atoms with Crippen LogP contribution in [0.4, 0.5) is 0 Å². The van der Waals surface area contributed by atoms with E-state index in [1.807, 2.05) is 0 Å². The van der Waals surface area contributed by atoms with E-state index in [-0.39, 0.29) is 0 Å². The Kier molecular flexibility index (Phi) is 6.83. The zero-order valence-electron chi connectivity index (χ0n) is 11.2. The summed E-state index contributed by atoms with van der Waals surface area (Å²) in [6.45, 7) is 6.64. The van der Waals surface area contributed by atoms with Crippen LogP contribution in [0.2, 0.25) is 0 Å². The van der Waals surface area contributed by atoms with Crippen molar-refractivity contribution >= 4 is 15.9 Å². The summed E-state index contributed by atoms with van der Waals surface area (Å²) in [5.74, 6) is 0.773. The molecule has 1 aromatic carbocycles. The van der Waals surface area contributed by atoms with Crippen molar-refractivity contribution in [3.05, 3.63) is 35.4 Å². The lowest BCUT2D eigenvalue weighted by atomic mass is 10.1. The van der Waals surface area contributed by atoms with E-state index >= 15 is 0 Å². The zero-order valence-corrected chi connectivity index (χ0v) is 12.8. The molecule has 1 atom stereocenters. The highest BCUT2D eigenvalue weighted by atomic mass is 79.9. The molecule has 0 N–H and O–H groups in total. The van der Waals surface area contributed by atoms with Crippen LogP contribution in [0.3, 0.4) is 0 Å². The van der Waals surface area contributed by atoms with Crippen LogP contribution in [0.5, 0.6) is 0 Å². The molecule has 0 saturated carbocycles. The summed E-state index contributed by atoms with van der Waals surface area (Å²) in [5, 5.41) is 1.11. The van der Waals surface area contributed by atoms with Crippen molar-refractivity contribution in [3.63, 3.8) is 0 Å². The van der Waals surface area contributed by atoms with Gasteiger partial charge < -0.3 is 4.90 Å². The molecule has 0 aromatic heterocycles. The fourth-order valence-corrected chi connectivity index (χ4v) is 2.78. The van der Waals surface area contributed by atoms with Gasteiger partial charge in [-0.25, -0.2) is 0 Å². The number of hydrogen-bond donors (Lipinski definition) is 0. The first kappa shape index (κ1) is 14.7. The van der Waals surface area contributed by atoms with Crippen molar-refractivity contribution in [2.24, 2.45) is 5.92 Å². The van der Waals surface area contributed by atoms with Gasteiger partial charge in [0.2, 0.25) is 0 Å². The molecule has 0 aliphatic carbocycles. The van der Waals surface area contributed by atoms with E-state index in [1.165, 1.54) is 30.5 Å². The van der Waals surface area contributed by atoms with Gasteiger partial charge in [0.05, 0.1) is 0 Å². The molecule has 0 aliphatic heterocycles. The highest BCUT2D eigenvalue weighted by Crippen LogP contribution is 2.13. The fourth-order valence-electron chi connectivity index (χ4n) is 2.25. The summed E-state index contributed by atoms with van der Waals surface area (Å²) in [7, 11) is 2.22. The molecule has 0 bridgehead atoms. The van der Waals surface area contributed by atoms with Gasteiger partial charge in [0, 0.05) is 18.4 Å². The Morgan fingerprint density at radius 1 is 1.35 bits per heavy atom. The predicted octanol–water partition coefficient (Wildman–Crippen LogP) is 4.24. The van der Waals surface area contributed by atoms with Crippen molar-refractivity contribution in [1.29, 1.82) is 0 Å². The smallest absolute Gasteiger partial charge is 0.0230 e. The second-order valence-electron chi connectivity index (χ2n) is 4.99. The normalized spacial score (nSPS) is 13.0. The summed E-state index contributed by atoms with van der Waals surface area (Å²) < 4.78 is 0. The molecule has 17 heavy (non-hydrogen) atoms. The summed E-state index contributed by atoms with van der Waals surface area (Å²) in [6, 6.07) is 8.79. The van der Waals surface area contributed by atoms with Crippen molar-refractivity contribution in [3.8, 4) is 0 Å². The molecule has 0 heterocycles. The van der Waals surface area contributed by atoms with Gasteiger partial charge in [-0.1, -0.05) is 59.1 Å². The van der Waals surface area contributed by atoms with Crippen molar-refractivity contribution in [1.82, 2.24) is 4.90 Å². The first-order valence-electron chi connectivity index (χ1n) is 6.45. The first-order valence-corrected chi connectivity index (χ1v) is 7.58. The van der Waals surface area contributed by atoms with Gasteiger partial charge in [-0.2, -0.15) is 0 Å². The lowest BCUT2D eigenvalue weighted by Crippen LogP contribution is -2.26. The number of hydrogen-bond acceptors (Lipinski definition) is 1. The van der Waals surface area contributed by atoms with Gasteiger partial charge in [0.1, 0.15) is 0 Å². The van der Waals surface area contributed by atoms with Crippen LogP contribution in [0.15, 0.2) is 24.3 Å². The van der Waals surface area contributed by atoms with Crippen LogP contribution >= 0.6 is 15.9 Å². The maximum atomic E-state index is 3.62. The summed E-state index contributed by atoms with van der Waals surface area (Å²) in [6.07, 6.45) is 2.58. The average Bonchev–Trinajstić information content (AvgIpc) is 2.28. The van der Waals surface area contributed by atoms with Crippen molar-refractivity contribution in [2.45, 2.75) is 33.2 Å². The molecule has 1 nitrogen and oxygen atoms in total.